The van der Waals surface area contributed by atoms with Crippen molar-refractivity contribution in [2.75, 3.05) is 6.54 Å². The van der Waals surface area contributed by atoms with E-state index in [2.05, 4.69) is 16.6 Å². The van der Waals surface area contributed by atoms with Gasteiger partial charge < -0.3 is 10.2 Å². The molecule has 2 heterocycles. The van der Waals surface area contributed by atoms with Gasteiger partial charge in [0.15, 0.2) is 16.7 Å². The van der Waals surface area contributed by atoms with Crippen LogP contribution in [0.2, 0.25) is 0 Å². The van der Waals surface area contributed by atoms with Gasteiger partial charge in [-0.15, -0.1) is 17.9 Å². The first-order valence-electron chi connectivity index (χ1n) is 7.33. The fraction of sp³-hybridized carbons (Fsp3) is 0.118. The molecule has 2 N–H and O–H groups in total. The molecule has 3 rings (SSSR count). The standard InChI is InChI=1S/C17H15N3O3S2/c1-3-6-20-15(23)14(8-11-4-5-12(21)13(22)7-11)25-17(20)19-16-18-10(2)9-24-16/h3-5,7-9,21-22H,1,6H2,2H3/b14-8-,19-17+. The van der Waals surface area contributed by atoms with Crippen molar-refractivity contribution in [1.29, 1.82) is 0 Å². The Labute approximate surface area is 152 Å². The molecule has 1 aliphatic heterocycles. The van der Waals surface area contributed by atoms with Crippen LogP contribution in [0.3, 0.4) is 0 Å². The second kappa shape index (κ2) is 7.12. The van der Waals surface area contributed by atoms with E-state index in [1.807, 2.05) is 12.3 Å². The van der Waals surface area contributed by atoms with Crippen LogP contribution in [-0.2, 0) is 4.79 Å². The number of phenols is 2. The maximum absolute atomic E-state index is 12.6. The first-order chi connectivity index (χ1) is 12.0. The Bertz CT molecular complexity index is 902. The number of aromatic nitrogens is 1. The van der Waals surface area contributed by atoms with Crippen LogP contribution in [-0.4, -0.2) is 37.7 Å². The first-order valence-corrected chi connectivity index (χ1v) is 9.02. The molecule has 2 aromatic rings. The summed E-state index contributed by atoms with van der Waals surface area (Å²) >= 11 is 2.65. The Kier molecular flexibility index (Phi) is 4.91. The Morgan fingerprint density at radius 1 is 1.36 bits per heavy atom. The van der Waals surface area contributed by atoms with Gasteiger partial charge in [-0.3, -0.25) is 9.69 Å². The minimum atomic E-state index is -0.236. The van der Waals surface area contributed by atoms with Crippen molar-refractivity contribution in [3.8, 4) is 11.5 Å². The van der Waals surface area contributed by atoms with Crippen LogP contribution in [0, 0.1) is 6.92 Å². The molecular formula is C17H15N3O3S2. The van der Waals surface area contributed by atoms with Gasteiger partial charge in [-0.25, -0.2) is 4.98 Å². The Balaban J connectivity index is 1.95. The predicted octanol–water partition coefficient (Wildman–Crippen LogP) is 3.65. The third-order valence-corrected chi connectivity index (χ3v) is 5.15. The molecule has 1 saturated heterocycles. The number of phenolic OH excluding ortho intramolecular Hbond substituents is 2. The lowest BCUT2D eigenvalue weighted by Gasteiger charge is -2.11. The van der Waals surface area contributed by atoms with E-state index in [1.165, 1.54) is 40.1 Å². The number of benzene rings is 1. The number of nitrogens with zero attached hydrogens (tertiary/aromatic N) is 3. The normalized spacial score (nSPS) is 17.6. The zero-order valence-corrected chi connectivity index (χ0v) is 15.0. The number of carbonyl (C=O) groups excluding carboxylic acids is 1. The Morgan fingerprint density at radius 2 is 2.16 bits per heavy atom. The predicted molar refractivity (Wildman–Crippen MR) is 101 cm³/mol. The summed E-state index contributed by atoms with van der Waals surface area (Å²) in [7, 11) is 0. The lowest BCUT2D eigenvalue weighted by Crippen LogP contribution is -2.29. The fourth-order valence-electron chi connectivity index (χ4n) is 2.14. The van der Waals surface area contributed by atoms with Crippen molar-refractivity contribution in [2.24, 2.45) is 4.99 Å². The molecular weight excluding hydrogens is 358 g/mol. The summed E-state index contributed by atoms with van der Waals surface area (Å²) in [6.07, 6.45) is 3.29. The van der Waals surface area contributed by atoms with Crippen LogP contribution in [0.25, 0.3) is 6.08 Å². The van der Waals surface area contributed by atoms with Crippen molar-refractivity contribution < 1.29 is 15.0 Å². The number of aryl methyl sites for hydroxylation is 1. The number of thioether (sulfide) groups is 1. The van der Waals surface area contributed by atoms with E-state index in [0.29, 0.717) is 27.3 Å². The summed E-state index contributed by atoms with van der Waals surface area (Å²) in [6, 6.07) is 4.39. The highest BCUT2D eigenvalue weighted by Gasteiger charge is 2.32. The molecule has 0 atom stereocenters. The first kappa shape index (κ1) is 17.2. The molecule has 6 nitrogen and oxygen atoms in total. The number of amides is 1. The number of aliphatic imine (C=N–C) groups is 1. The second-order valence-corrected chi connectivity index (χ2v) is 7.07. The number of thiazole rings is 1. The molecule has 1 aromatic carbocycles. The van der Waals surface area contributed by atoms with Crippen LogP contribution >= 0.6 is 23.1 Å². The van der Waals surface area contributed by atoms with Crippen molar-refractivity contribution in [3.63, 3.8) is 0 Å². The molecule has 8 heteroatoms. The van der Waals surface area contributed by atoms with Crippen LogP contribution in [0.15, 0.2) is 46.1 Å². The molecule has 0 spiro atoms. The number of carbonyl (C=O) groups is 1. The number of amidine groups is 1. The summed E-state index contributed by atoms with van der Waals surface area (Å²) in [5.41, 5.74) is 1.49. The number of hydrogen-bond donors (Lipinski definition) is 2. The summed E-state index contributed by atoms with van der Waals surface area (Å²) in [6.45, 7) is 5.91. The molecule has 0 radical (unpaired) electrons. The number of aromatic hydroxyl groups is 2. The largest absolute Gasteiger partial charge is 0.504 e. The summed E-state index contributed by atoms with van der Waals surface area (Å²) in [5.74, 6) is -0.633. The monoisotopic (exact) mass is 373 g/mol. The van der Waals surface area contributed by atoms with Gasteiger partial charge in [0.25, 0.3) is 5.91 Å². The minimum Gasteiger partial charge on any atom is -0.504 e. The van der Waals surface area contributed by atoms with E-state index >= 15 is 0 Å². The van der Waals surface area contributed by atoms with Gasteiger partial charge >= 0.3 is 0 Å². The van der Waals surface area contributed by atoms with Gasteiger partial charge in [0, 0.05) is 11.9 Å². The Hall–Kier alpha value is -2.58. The maximum Gasteiger partial charge on any atom is 0.267 e. The van der Waals surface area contributed by atoms with E-state index in [0.717, 1.165) is 5.69 Å². The van der Waals surface area contributed by atoms with Gasteiger partial charge in [-0.05, 0) is 42.5 Å². The highest BCUT2D eigenvalue weighted by atomic mass is 32.2. The molecule has 128 valence electrons. The average molecular weight is 373 g/mol. The SMILES string of the molecule is C=CCN1C(=O)/C(=C/c2ccc(O)c(O)c2)S/C1=N/c1nc(C)cs1. The average Bonchev–Trinajstić information content (AvgIpc) is 3.10. The van der Waals surface area contributed by atoms with Crippen molar-refractivity contribution in [1.82, 2.24) is 9.88 Å². The molecule has 1 amide bonds. The number of rotatable bonds is 4. The third kappa shape index (κ3) is 3.75. The van der Waals surface area contributed by atoms with Crippen molar-refractivity contribution in [2.45, 2.75) is 6.92 Å². The quantitative estimate of drug-likeness (QED) is 0.485. The molecule has 1 aliphatic rings. The highest BCUT2D eigenvalue weighted by molar-refractivity contribution is 8.18. The van der Waals surface area contributed by atoms with E-state index in [-0.39, 0.29) is 17.4 Å². The fourth-order valence-corrected chi connectivity index (χ4v) is 3.85. The molecule has 0 bridgehead atoms. The van der Waals surface area contributed by atoms with Crippen LogP contribution in [0.5, 0.6) is 11.5 Å². The maximum atomic E-state index is 12.6. The van der Waals surface area contributed by atoms with Crippen molar-refractivity contribution in [3.05, 3.63) is 52.4 Å². The summed E-state index contributed by atoms with van der Waals surface area (Å²) in [5, 5.41) is 22.0. The van der Waals surface area contributed by atoms with Gasteiger partial charge in [-0.1, -0.05) is 12.1 Å². The molecule has 0 unspecified atom stereocenters. The van der Waals surface area contributed by atoms with Crippen LogP contribution < -0.4 is 0 Å². The molecule has 0 aliphatic carbocycles. The lowest BCUT2D eigenvalue weighted by atomic mass is 10.2. The molecule has 25 heavy (non-hydrogen) atoms. The topological polar surface area (TPSA) is 86.0 Å². The highest BCUT2D eigenvalue weighted by Crippen LogP contribution is 2.35. The molecule has 1 fully saturated rings. The minimum absolute atomic E-state index is 0.190. The smallest absolute Gasteiger partial charge is 0.267 e. The van der Waals surface area contributed by atoms with Crippen LogP contribution in [0.1, 0.15) is 11.3 Å². The summed E-state index contributed by atoms with van der Waals surface area (Å²) in [4.78, 5) is 23.4. The van der Waals surface area contributed by atoms with E-state index in [9.17, 15) is 15.0 Å². The zero-order valence-electron chi connectivity index (χ0n) is 13.3. The van der Waals surface area contributed by atoms with E-state index in [1.54, 1.807) is 18.2 Å². The summed E-state index contributed by atoms with van der Waals surface area (Å²) < 4.78 is 0. The van der Waals surface area contributed by atoms with Gasteiger partial charge in [0.2, 0.25) is 5.13 Å². The lowest BCUT2D eigenvalue weighted by molar-refractivity contribution is -0.121. The van der Waals surface area contributed by atoms with Gasteiger partial charge in [0.05, 0.1) is 10.6 Å². The van der Waals surface area contributed by atoms with Crippen LogP contribution in [0.4, 0.5) is 5.13 Å². The number of hydrogen-bond acceptors (Lipinski definition) is 7. The molecule has 1 aromatic heterocycles. The van der Waals surface area contributed by atoms with E-state index in [4.69, 9.17) is 0 Å². The Morgan fingerprint density at radius 3 is 2.80 bits per heavy atom. The third-order valence-electron chi connectivity index (χ3n) is 3.30. The van der Waals surface area contributed by atoms with Gasteiger partial charge in [-0.2, -0.15) is 4.99 Å². The second-order valence-electron chi connectivity index (χ2n) is 5.23. The molecule has 0 saturated carbocycles. The van der Waals surface area contributed by atoms with E-state index < -0.39 is 0 Å². The zero-order chi connectivity index (χ0) is 18.0. The van der Waals surface area contributed by atoms with Gasteiger partial charge in [0.1, 0.15) is 0 Å². The van der Waals surface area contributed by atoms with Crippen molar-refractivity contribution >= 4 is 45.4 Å².